The molecule has 0 amide bonds. The van der Waals surface area contributed by atoms with Crippen LogP contribution in [0.2, 0.25) is 0 Å². The topological polar surface area (TPSA) is 78.9 Å². The van der Waals surface area contributed by atoms with Gasteiger partial charge in [-0.15, -0.1) is 0 Å². The van der Waals surface area contributed by atoms with Crippen LogP contribution in [0.1, 0.15) is 25.7 Å². The smallest absolute Gasteiger partial charge is 0.451 e. The van der Waals surface area contributed by atoms with Gasteiger partial charge in [0.05, 0.1) is 0 Å². The van der Waals surface area contributed by atoms with Gasteiger partial charge in [0.2, 0.25) is 0 Å². The third-order valence-corrected chi connectivity index (χ3v) is 4.70. The first-order chi connectivity index (χ1) is 16.3. The van der Waals surface area contributed by atoms with Crippen molar-refractivity contribution in [2.75, 3.05) is 0 Å². The predicted octanol–water partition coefficient (Wildman–Crippen LogP) is 5.11. The fraction of sp³-hybridized carbons (Fsp3) is 0.706. The lowest BCUT2D eigenvalue weighted by molar-refractivity contribution is -0.365. The fourth-order valence-corrected chi connectivity index (χ4v) is 2.73. The van der Waals surface area contributed by atoms with Gasteiger partial charge in [-0.1, -0.05) is 6.58 Å². The van der Waals surface area contributed by atoms with Gasteiger partial charge in [-0.2, -0.15) is 61.5 Å². The molecule has 0 aromatic carbocycles. The molecule has 214 valence electrons. The molecule has 0 aromatic heterocycles. The first kappa shape index (κ1) is 32.2. The molecule has 1 unspecified atom stereocenters. The van der Waals surface area contributed by atoms with Gasteiger partial charge in [-0.05, 0) is 19.3 Å². The summed E-state index contributed by atoms with van der Waals surface area (Å²) in [5, 5.41) is 0. The second kappa shape index (κ2) is 9.80. The number of rotatable bonds is 8. The summed E-state index contributed by atoms with van der Waals surface area (Å²) < 4.78 is 194. The van der Waals surface area contributed by atoms with Gasteiger partial charge >= 0.3 is 54.0 Å². The van der Waals surface area contributed by atoms with Crippen LogP contribution in [0, 0.1) is 0 Å². The molecule has 0 bridgehead atoms. The molecule has 37 heavy (non-hydrogen) atoms. The zero-order valence-corrected chi connectivity index (χ0v) is 17.4. The quantitative estimate of drug-likeness (QED) is 0.173. The van der Waals surface area contributed by atoms with Crippen molar-refractivity contribution in [1.82, 2.24) is 0 Å². The maximum atomic E-state index is 13.8. The monoisotopic (exact) mass is 578 g/mol. The van der Waals surface area contributed by atoms with Crippen molar-refractivity contribution in [1.29, 1.82) is 0 Å². The lowest BCUT2D eigenvalue weighted by Crippen LogP contribution is -2.63. The SMILES string of the molecule is C=CC(=O)OC1CCCCC1(OC(=O)C(F)(F)C(F)(F)C(F)(F)F)OC(=O)C(F)(F)C(F)(F)C(F)(F)F. The summed E-state index contributed by atoms with van der Waals surface area (Å²) in [5.41, 5.74) is 0. The molecule has 20 heteroatoms. The van der Waals surface area contributed by atoms with Crippen LogP contribution in [0.15, 0.2) is 12.7 Å². The summed E-state index contributed by atoms with van der Waals surface area (Å²) in [6.45, 7) is 2.81. The third kappa shape index (κ3) is 5.70. The molecule has 1 saturated carbocycles. The van der Waals surface area contributed by atoms with Gasteiger partial charge in [0.15, 0.2) is 6.10 Å². The molecular formula is C17H12F14O6. The Kier molecular flexibility index (Phi) is 8.53. The van der Waals surface area contributed by atoms with Crippen molar-refractivity contribution in [2.24, 2.45) is 0 Å². The van der Waals surface area contributed by atoms with E-state index < -0.39 is 85.1 Å². The van der Waals surface area contributed by atoms with Crippen LogP contribution in [-0.4, -0.2) is 65.8 Å². The normalized spacial score (nSPS) is 19.6. The second-order valence-corrected chi connectivity index (χ2v) is 7.26. The van der Waals surface area contributed by atoms with Crippen molar-refractivity contribution in [3.8, 4) is 0 Å². The highest BCUT2D eigenvalue weighted by atomic mass is 19.4. The summed E-state index contributed by atoms with van der Waals surface area (Å²) in [4.78, 5) is 34.9. The lowest BCUT2D eigenvalue weighted by Gasteiger charge is -2.42. The van der Waals surface area contributed by atoms with E-state index >= 15 is 0 Å². The van der Waals surface area contributed by atoms with Crippen molar-refractivity contribution in [3.63, 3.8) is 0 Å². The minimum Gasteiger partial charge on any atom is -0.451 e. The van der Waals surface area contributed by atoms with Crippen LogP contribution >= 0.6 is 0 Å². The molecule has 6 nitrogen and oxygen atoms in total. The lowest BCUT2D eigenvalue weighted by atomic mass is 9.90. The highest BCUT2D eigenvalue weighted by Gasteiger charge is 2.80. The first-order valence-corrected chi connectivity index (χ1v) is 9.26. The molecule has 1 fully saturated rings. The van der Waals surface area contributed by atoms with Gasteiger partial charge in [0.25, 0.3) is 5.79 Å². The predicted molar refractivity (Wildman–Crippen MR) is 85.4 cm³/mol. The standard InChI is InChI=1S/C17H12F14O6/c1-2-8(32)35-7-5-3-4-6-11(7,36-9(33)12(18,19)14(22,23)16(26,27)28)37-10(34)13(20,21)15(24,25)17(29,30)31/h2,7H,1,3-6H2. The zero-order valence-electron chi connectivity index (χ0n) is 17.4. The zero-order chi connectivity index (χ0) is 29.5. The Morgan fingerprint density at radius 1 is 0.703 bits per heavy atom. The Bertz CT molecular complexity index is 855. The summed E-state index contributed by atoms with van der Waals surface area (Å²) in [6, 6.07) is 0. The summed E-state index contributed by atoms with van der Waals surface area (Å²) in [6.07, 6.45) is -20.0. The van der Waals surface area contributed by atoms with Crippen molar-refractivity contribution in [3.05, 3.63) is 12.7 Å². The van der Waals surface area contributed by atoms with Gasteiger partial charge < -0.3 is 14.2 Å². The van der Waals surface area contributed by atoms with Gasteiger partial charge in [0, 0.05) is 12.5 Å². The number of carbonyl (C=O) groups is 3. The van der Waals surface area contributed by atoms with E-state index in [2.05, 4.69) is 20.8 Å². The molecule has 1 atom stereocenters. The van der Waals surface area contributed by atoms with Crippen LogP contribution in [0.4, 0.5) is 61.5 Å². The molecule has 1 rings (SSSR count). The number of ether oxygens (including phenoxy) is 3. The van der Waals surface area contributed by atoms with E-state index in [0.29, 0.717) is 0 Å². The average Bonchev–Trinajstić information content (AvgIpc) is 2.73. The Hall–Kier alpha value is -2.83. The second-order valence-electron chi connectivity index (χ2n) is 7.26. The molecule has 0 saturated heterocycles. The van der Waals surface area contributed by atoms with E-state index in [0.717, 1.165) is 0 Å². The van der Waals surface area contributed by atoms with Gasteiger partial charge in [0.1, 0.15) is 0 Å². The van der Waals surface area contributed by atoms with E-state index in [-0.39, 0.29) is 12.5 Å². The number of esters is 3. The Morgan fingerprint density at radius 3 is 1.41 bits per heavy atom. The molecule has 0 spiro atoms. The molecule has 1 aliphatic rings. The van der Waals surface area contributed by atoms with Crippen LogP contribution in [0.3, 0.4) is 0 Å². The highest BCUT2D eigenvalue weighted by molar-refractivity contribution is 5.83. The van der Waals surface area contributed by atoms with Gasteiger partial charge in [-0.25, -0.2) is 14.4 Å². The Labute approximate surface area is 195 Å². The van der Waals surface area contributed by atoms with E-state index in [1.165, 1.54) is 0 Å². The Balaban J connectivity index is 3.62. The fourth-order valence-electron chi connectivity index (χ4n) is 2.73. The maximum absolute atomic E-state index is 13.8. The van der Waals surface area contributed by atoms with E-state index in [9.17, 15) is 75.8 Å². The molecule has 0 heterocycles. The average molecular weight is 578 g/mol. The molecule has 0 N–H and O–H groups in total. The number of hydrogen-bond donors (Lipinski definition) is 0. The van der Waals surface area contributed by atoms with Crippen molar-refractivity contribution in [2.45, 2.75) is 73.6 Å². The highest BCUT2D eigenvalue weighted by Crippen LogP contribution is 2.50. The van der Waals surface area contributed by atoms with E-state index in [4.69, 9.17) is 0 Å². The van der Waals surface area contributed by atoms with E-state index in [1.807, 2.05) is 0 Å². The molecule has 0 aromatic rings. The minimum atomic E-state index is -7.22. The molecular weight excluding hydrogens is 566 g/mol. The number of hydrogen-bond acceptors (Lipinski definition) is 6. The van der Waals surface area contributed by atoms with Crippen LogP contribution in [-0.2, 0) is 28.6 Å². The number of carbonyl (C=O) groups excluding carboxylic acids is 3. The van der Waals surface area contributed by atoms with Crippen LogP contribution in [0.5, 0.6) is 0 Å². The van der Waals surface area contributed by atoms with Crippen LogP contribution in [0.25, 0.3) is 0 Å². The van der Waals surface area contributed by atoms with Gasteiger partial charge in [-0.3, -0.25) is 0 Å². The third-order valence-electron chi connectivity index (χ3n) is 4.70. The summed E-state index contributed by atoms with van der Waals surface area (Å²) in [5.74, 6) is -41.9. The van der Waals surface area contributed by atoms with Crippen molar-refractivity contribution >= 4 is 17.9 Å². The van der Waals surface area contributed by atoms with Crippen LogP contribution < -0.4 is 0 Å². The van der Waals surface area contributed by atoms with Crippen molar-refractivity contribution < 1.29 is 90.1 Å². The minimum absolute atomic E-state index is 0.238. The summed E-state index contributed by atoms with van der Waals surface area (Å²) in [7, 11) is 0. The molecule has 0 radical (unpaired) electrons. The largest absolute Gasteiger partial charge is 0.460 e. The maximum Gasteiger partial charge on any atom is 0.460 e. The first-order valence-electron chi connectivity index (χ1n) is 9.26. The van der Waals surface area contributed by atoms with E-state index in [1.54, 1.807) is 0 Å². The number of halogens is 14. The number of alkyl halides is 14. The molecule has 1 aliphatic carbocycles. The summed E-state index contributed by atoms with van der Waals surface area (Å²) >= 11 is 0. The molecule has 0 aliphatic heterocycles. The Morgan fingerprint density at radius 2 is 1.08 bits per heavy atom.